The van der Waals surface area contributed by atoms with Gasteiger partial charge >= 0.3 is 0 Å². The van der Waals surface area contributed by atoms with Crippen LogP contribution in [0.15, 0.2) is 0 Å². The molecule has 0 atom stereocenters. The van der Waals surface area contributed by atoms with E-state index in [1.165, 1.54) is 44.9 Å². The summed E-state index contributed by atoms with van der Waals surface area (Å²) in [6, 6.07) is 0. The van der Waals surface area contributed by atoms with Gasteiger partial charge in [-0.05, 0) is 32.1 Å². The first kappa shape index (κ1) is 12.9. The SMILES string of the molecule is NCC1(C(=O)N2CCCCC2)CCCCCC1. The Balaban J connectivity index is 2.06. The fraction of sp³-hybridized carbons (Fsp3) is 0.929. The van der Waals surface area contributed by atoms with Crippen molar-refractivity contribution in [1.29, 1.82) is 0 Å². The Bertz CT molecular complexity index is 251. The average Bonchev–Trinajstić information content (AvgIpc) is 2.65. The third kappa shape index (κ3) is 2.82. The molecule has 1 aliphatic heterocycles. The van der Waals surface area contributed by atoms with Gasteiger partial charge in [0.05, 0.1) is 5.41 Å². The summed E-state index contributed by atoms with van der Waals surface area (Å²) in [6.07, 6.45) is 10.5. The van der Waals surface area contributed by atoms with E-state index in [4.69, 9.17) is 5.73 Å². The molecule has 0 bridgehead atoms. The van der Waals surface area contributed by atoms with Crippen molar-refractivity contribution in [2.45, 2.75) is 57.8 Å². The van der Waals surface area contributed by atoms with Gasteiger partial charge in [0.2, 0.25) is 5.91 Å². The Morgan fingerprint density at radius 2 is 1.47 bits per heavy atom. The summed E-state index contributed by atoms with van der Waals surface area (Å²) >= 11 is 0. The van der Waals surface area contributed by atoms with Crippen LogP contribution in [0.2, 0.25) is 0 Å². The summed E-state index contributed by atoms with van der Waals surface area (Å²) < 4.78 is 0. The largest absolute Gasteiger partial charge is 0.342 e. The van der Waals surface area contributed by atoms with Crippen molar-refractivity contribution < 1.29 is 4.79 Å². The Labute approximate surface area is 105 Å². The number of hydrogen-bond acceptors (Lipinski definition) is 2. The molecular formula is C14H26N2O. The van der Waals surface area contributed by atoms with Crippen molar-refractivity contribution >= 4 is 5.91 Å². The molecule has 0 spiro atoms. The molecule has 0 aromatic rings. The molecule has 2 rings (SSSR count). The van der Waals surface area contributed by atoms with Crippen LogP contribution in [0.1, 0.15) is 57.8 Å². The van der Waals surface area contributed by atoms with Crippen molar-refractivity contribution in [3.05, 3.63) is 0 Å². The zero-order valence-electron chi connectivity index (χ0n) is 10.9. The van der Waals surface area contributed by atoms with E-state index >= 15 is 0 Å². The maximum atomic E-state index is 12.7. The van der Waals surface area contributed by atoms with E-state index in [9.17, 15) is 4.79 Å². The van der Waals surface area contributed by atoms with Gasteiger partial charge in [-0.3, -0.25) is 4.79 Å². The van der Waals surface area contributed by atoms with Gasteiger partial charge in [-0.2, -0.15) is 0 Å². The van der Waals surface area contributed by atoms with Crippen LogP contribution < -0.4 is 5.73 Å². The highest BCUT2D eigenvalue weighted by molar-refractivity contribution is 5.83. The first-order valence-corrected chi connectivity index (χ1v) is 7.28. The summed E-state index contributed by atoms with van der Waals surface area (Å²) in [5.41, 5.74) is 5.75. The van der Waals surface area contributed by atoms with Gasteiger partial charge in [0, 0.05) is 19.6 Å². The normalized spacial score (nSPS) is 25.4. The fourth-order valence-electron chi connectivity index (χ4n) is 3.34. The number of hydrogen-bond donors (Lipinski definition) is 1. The molecule has 0 radical (unpaired) electrons. The predicted molar refractivity (Wildman–Crippen MR) is 69.6 cm³/mol. The van der Waals surface area contributed by atoms with Crippen molar-refractivity contribution in [1.82, 2.24) is 4.90 Å². The van der Waals surface area contributed by atoms with Crippen LogP contribution in [-0.2, 0) is 4.79 Å². The molecule has 1 aliphatic carbocycles. The first-order valence-electron chi connectivity index (χ1n) is 7.28. The number of rotatable bonds is 2. The second-order valence-corrected chi connectivity index (χ2v) is 5.75. The van der Waals surface area contributed by atoms with Crippen LogP contribution in [-0.4, -0.2) is 30.4 Å². The summed E-state index contributed by atoms with van der Waals surface area (Å²) in [7, 11) is 0. The molecule has 1 saturated carbocycles. The van der Waals surface area contributed by atoms with Gasteiger partial charge in [0.15, 0.2) is 0 Å². The lowest BCUT2D eigenvalue weighted by Gasteiger charge is -2.37. The number of amides is 1. The standard InChI is InChI=1S/C14H26N2O/c15-12-14(8-4-1-2-5-9-14)13(17)16-10-6-3-7-11-16/h1-12,15H2. The highest BCUT2D eigenvalue weighted by Crippen LogP contribution is 2.36. The lowest BCUT2D eigenvalue weighted by molar-refractivity contribution is -0.143. The predicted octanol–water partition coefficient (Wildman–Crippen LogP) is 2.30. The van der Waals surface area contributed by atoms with E-state index in [1.54, 1.807) is 0 Å². The van der Waals surface area contributed by atoms with Crippen LogP contribution in [0.3, 0.4) is 0 Å². The molecule has 0 aromatic heterocycles. The van der Waals surface area contributed by atoms with Crippen LogP contribution in [0.5, 0.6) is 0 Å². The fourth-order valence-corrected chi connectivity index (χ4v) is 3.34. The molecule has 0 unspecified atom stereocenters. The summed E-state index contributed by atoms with van der Waals surface area (Å²) in [5, 5.41) is 0. The zero-order valence-corrected chi connectivity index (χ0v) is 10.9. The highest BCUT2D eigenvalue weighted by atomic mass is 16.2. The Morgan fingerprint density at radius 1 is 0.941 bits per heavy atom. The number of piperidine rings is 1. The smallest absolute Gasteiger partial charge is 0.230 e. The molecule has 3 heteroatoms. The van der Waals surface area contributed by atoms with Gasteiger partial charge in [0.1, 0.15) is 0 Å². The molecule has 2 aliphatic rings. The number of nitrogens with zero attached hydrogens (tertiary/aromatic N) is 1. The monoisotopic (exact) mass is 238 g/mol. The van der Waals surface area contributed by atoms with Crippen molar-refractivity contribution in [2.75, 3.05) is 19.6 Å². The molecule has 1 heterocycles. The molecule has 0 aromatic carbocycles. The Morgan fingerprint density at radius 3 is 2.00 bits per heavy atom. The van der Waals surface area contributed by atoms with Crippen LogP contribution >= 0.6 is 0 Å². The van der Waals surface area contributed by atoms with Crippen molar-refractivity contribution in [3.63, 3.8) is 0 Å². The van der Waals surface area contributed by atoms with E-state index in [0.717, 1.165) is 25.9 Å². The minimum atomic E-state index is -0.214. The molecule has 2 N–H and O–H groups in total. The third-order valence-corrected chi connectivity index (χ3v) is 4.55. The molecule has 1 amide bonds. The molecule has 98 valence electrons. The van der Waals surface area contributed by atoms with Gasteiger partial charge in [-0.25, -0.2) is 0 Å². The van der Waals surface area contributed by atoms with Crippen molar-refractivity contribution in [3.8, 4) is 0 Å². The lowest BCUT2D eigenvalue weighted by atomic mass is 9.78. The summed E-state index contributed by atoms with van der Waals surface area (Å²) in [4.78, 5) is 14.8. The first-order chi connectivity index (χ1) is 8.28. The Kier molecular flexibility index (Phi) is 4.43. The maximum Gasteiger partial charge on any atom is 0.230 e. The van der Waals surface area contributed by atoms with E-state index in [2.05, 4.69) is 4.90 Å². The summed E-state index contributed by atoms with van der Waals surface area (Å²) in [5.74, 6) is 0.363. The zero-order chi connectivity index (χ0) is 12.1. The molecule has 1 saturated heterocycles. The Hall–Kier alpha value is -0.570. The minimum absolute atomic E-state index is 0.214. The van der Waals surface area contributed by atoms with Crippen LogP contribution in [0.4, 0.5) is 0 Å². The van der Waals surface area contributed by atoms with Gasteiger partial charge in [0.25, 0.3) is 0 Å². The quantitative estimate of drug-likeness (QED) is 0.750. The van der Waals surface area contributed by atoms with E-state index in [0.29, 0.717) is 12.5 Å². The second-order valence-electron chi connectivity index (χ2n) is 5.75. The van der Waals surface area contributed by atoms with Crippen molar-refractivity contribution in [2.24, 2.45) is 11.1 Å². The van der Waals surface area contributed by atoms with Crippen LogP contribution in [0.25, 0.3) is 0 Å². The number of carbonyl (C=O) groups is 1. The lowest BCUT2D eigenvalue weighted by Crippen LogP contribution is -2.49. The highest BCUT2D eigenvalue weighted by Gasteiger charge is 2.40. The molecule has 3 nitrogen and oxygen atoms in total. The average molecular weight is 238 g/mol. The van der Waals surface area contributed by atoms with Gasteiger partial charge < -0.3 is 10.6 Å². The third-order valence-electron chi connectivity index (χ3n) is 4.55. The number of nitrogens with two attached hydrogens (primary N) is 1. The minimum Gasteiger partial charge on any atom is -0.342 e. The number of likely N-dealkylation sites (tertiary alicyclic amines) is 1. The number of carbonyl (C=O) groups excluding carboxylic acids is 1. The second kappa shape index (κ2) is 5.85. The van der Waals surface area contributed by atoms with Gasteiger partial charge in [-0.1, -0.05) is 25.7 Å². The summed E-state index contributed by atoms with van der Waals surface area (Å²) in [6.45, 7) is 2.46. The molecule has 2 fully saturated rings. The maximum absolute atomic E-state index is 12.7. The molecule has 17 heavy (non-hydrogen) atoms. The van der Waals surface area contributed by atoms with E-state index in [-0.39, 0.29) is 5.41 Å². The van der Waals surface area contributed by atoms with E-state index < -0.39 is 0 Å². The van der Waals surface area contributed by atoms with Gasteiger partial charge in [-0.15, -0.1) is 0 Å². The topological polar surface area (TPSA) is 46.3 Å². The van der Waals surface area contributed by atoms with E-state index in [1.807, 2.05) is 0 Å². The van der Waals surface area contributed by atoms with Crippen LogP contribution in [0, 0.1) is 5.41 Å². The molecular weight excluding hydrogens is 212 g/mol.